The first-order chi connectivity index (χ1) is 9.22. The molecule has 2 N–H and O–H groups in total. The lowest BCUT2D eigenvalue weighted by atomic mass is 10.0. The van der Waals surface area contributed by atoms with Crippen molar-refractivity contribution >= 4 is 28.3 Å². The minimum Gasteiger partial charge on any atom is -0.365 e. The highest BCUT2D eigenvalue weighted by Gasteiger charge is 2.21. The first-order valence-corrected chi connectivity index (χ1v) is 6.62. The van der Waals surface area contributed by atoms with Gasteiger partial charge in [-0.3, -0.25) is 0 Å². The van der Waals surface area contributed by atoms with E-state index in [9.17, 15) is 0 Å². The molecule has 0 atom stereocenters. The summed E-state index contributed by atoms with van der Waals surface area (Å²) >= 11 is 6.09. The van der Waals surface area contributed by atoms with Crippen molar-refractivity contribution in [3.05, 3.63) is 46.6 Å². The van der Waals surface area contributed by atoms with Crippen molar-refractivity contribution in [2.75, 3.05) is 5.32 Å². The number of pyridine rings is 1. The standard InChI is InChI=1S/C15H12ClN3/c1-8-2-4-10-14-12(7-17-15(10)18-8)11-6-9(16)3-5-13(11)19-14/h2-6,19H,7H2,1H3,(H,17,18). The molecule has 3 heterocycles. The van der Waals surface area contributed by atoms with Crippen LogP contribution in [0.4, 0.5) is 5.82 Å². The van der Waals surface area contributed by atoms with E-state index in [1.807, 2.05) is 31.2 Å². The molecule has 3 nitrogen and oxygen atoms in total. The number of benzene rings is 1. The number of rotatable bonds is 0. The molecule has 2 aromatic heterocycles. The zero-order valence-electron chi connectivity index (χ0n) is 10.4. The normalized spacial score (nSPS) is 12.9. The van der Waals surface area contributed by atoms with Gasteiger partial charge >= 0.3 is 0 Å². The van der Waals surface area contributed by atoms with Crippen molar-refractivity contribution in [3.8, 4) is 11.3 Å². The molecule has 1 aliphatic heterocycles. The van der Waals surface area contributed by atoms with E-state index in [0.717, 1.165) is 39.9 Å². The number of anilines is 1. The first-order valence-electron chi connectivity index (χ1n) is 6.24. The number of H-pyrrole nitrogens is 1. The maximum absolute atomic E-state index is 6.09. The highest BCUT2D eigenvalue weighted by atomic mass is 35.5. The number of nitrogens with one attached hydrogen (secondary N) is 2. The SMILES string of the molecule is Cc1ccc2c(n1)NCc1c-2[nH]c2ccc(Cl)cc12. The van der Waals surface area contributed by atoms with Gasteiger partial charge in [-0.25, -0.2) is 4.98 Å². The average molecular weight is 270 g/mol. The van der Waals surface area contributed by atoms with Gasteiger partial charge in [0, 0.05) is 39.3 Å². The van der Waals surface area contributed by atoms with Crippen LogP contribution in [0, 0.1) is 6.92 Å². The number of halogens is 1. The van der Waals surface area contributed by atoms with Gasteiger partial charge in [0.05, 0.1) is 5.69 Å². The molecule has 0 fully saturated rings. The Morgan fingerprint density at radius 3 is 3.00 bits per heavy atom. The van der Waals surface area contributed by atoms with Gasteiger partial charge in [-0.05, 0) is 37.3 Å². The Labute approximate surface area is 115 Å². The zero-order valence-corrected chi connectivity index (χ0v) is 11.2. The molecule has 1 aliphatic rings. The van der Waals surface area contributed by atoms with Crippen LogP contribution in [0.25, 0.3) is 22.2 Å². The Bertz CT molecular complexity index is 805. The maximum Gasteiger partial charge on any atom is 0.135 e. The minimum absolute atomic E-state index is 0.766. The van der Waals surface area contributed by atoms with Crippen molar-refractivity contribution < 1.29 is 0 Å². The molecule has 0 aliphatic carbocycles. The van der Waals surface area contributed by atoms with Crippen molar-refractivity contribution in [2.45, 2.75) is 13.5 Å². The van der Waals surface area contributed by atoms with Crippen LogP contribution >= 0.6 is 11.6 Å². The molecule has 94 valence electrons. The Balaban J connectivity index is 2.04. The fraction of sp³-hybridized carbons (Fsp3) is 0.133. The molecule has 0 spiro atoms. The van der Waals surface area contributed by atoms with E-state index in [2.05, 4.69) is 21.4 Å². The van der Waals surface area contributed by atoms with E-state index >= 15 is 0 Å². The van der Waals surface area contributed by atoms with E-state index in [1.54, 1.807) is 0 Å². The summed E-state index contributed by atoms with van der Waals surface area (Å²) in [5.41, 5.74) is 5.67. The Morgan fingerprint density at radius 1 is 1.21 bits per heavy atom. The maximum atomic E-state index is 6.09. The zero-order chi connectivity index (χ0) is 13.0. The minimum atomic E-state index is 0.766. The summed E-state index contributed by atoms with van der Waals surface area (Å²) in [5.74, 6) is 0.949. The molecule has 1 aromatic carbocycles. The first kappa shape index (κ1) is 10.9. The predicted molar refractivity (Wildman–Crippen MR) is 78.6 cm³/mol. The van der Waals surface area contributed by atoms with Crippen LogP contribution in [-0.2, 0) is 6.54 Å². The van der Waals surface area contributed by atoms with Crippen LogP contribution < -0.4 is 5.32 Å². The van der Waals surface area contributed by atoms with Crippen LogP contribution in [0.1, 0.15) is 11.3 Å². The second-order valence-electron chi connectivity index (χ2n) is 4.87. The number of nitrogens with zero attached hydrogens (tertiary/aromatic N) is 1. The molecule has 19 heavy (non-hydrogen) atoms. The van der Waals surface area contributed by atoms with E-state index < -0.39 is 0 Å². The second-order valence-corrected chi connectivity index (χ2v) is 5.31. The monoisotopic (exact) mass is 269 g/mol. The molecule has 0 amide bonds. The van der Waals surface area contributed by atoms with Gasteiger partial charge in [0.1, 0.15) is 5.82 Å². The van der Waals surface area contributed by atoms with E-state index in [1.165, 1.54) is 10.9 Å². The smallest absolute Gasteiger partial charge is 0.135 e. The lowest BCUT2D eigenvalue weighted by Gasteiger charge is -2.18. The van der Waals surface area contributed by atoms with E-state index in [4.69, 9.17) is 11.6 Å². The summed E-state index contributed by atoms with van der Waals surface area (Å²) in [6.45, 7) is 2.78. The summed E-state index contributed by atoms with van der Waals surface area (Å²) in [6.07, 6.45) is 0. The van der Waals surface area contributed by atoms with Gasteiger partial charge in [-0.15, -0.1) is 0 Å². The van der Waals surface area contributed by atoms with E-state index in [0.29, 0.717) is 0 Å². The van der Waals surface area contributed by atoms with Crippen molar-refractivity contribution in [2.24, 2.45) is 0 Å². The van der Waals surface area contributed by atoms with Crippen molar-refractivity contribution in [1.82, 2.24) is 9.97 Å². The highest BCUT2D eigenvalue weighted by Crippen LogP contribution is 2.38. The summed E-state index contributed by atoms with van der Waals surface area (Å²) < 4.78 is 0. The molecule has 0 bridgehead atoms. The molecular formula is C15H12ClN3. The third-order valence-corrected chi connectivity index (χ3v) is 3.84. The molecule has 0 saturated heterocycles. The number of hydrogen-bond donors (Lipinski definition) is 2. The third-order valence-electron chi connectivity index (χ3n) is 3.60. The summed E-state index contributed by atoms with van der Waals surface area (Å²) in [5, 5.41) is 5.33. The topological polar surface area (TPSA) is 40.7 Å². The van der Waals surface area contributed by atoms with Gasteiger partial charge in [0.15, 0.2) is 0 Å². The summed E-state index contributed by atoms with van der Waals surface area (Å²) in [6, 6.07) is 10.1. The van der Waals surface area contributed by atoms with Gasteiger partial charge in [-0.1, -0.05) is 11.6 Å². The lowest BCUT2D eigenvalue weighted by Crippen LogP contribution is -2.09. The average Bonchev–Trinajstić information content (AvgIpc) is 2.76. The van der Waals surface area contributed by atoms with Crippen molar-refractivity contribution in [1.29, 1.82) is 0 Å². The Hall–Kier alpha value is -2.00. The molecule has 0 unspecified atom stereocenters. The summed E-state index contributed by atoms with van der Waals surface area (Å²) in [7, 11) is 0. The van der Waals surface area contributed by atoms with Gasteiger partial charge in [0.2, 0.25) is 0 Å². The van der Waals surface area contributed by atoms with E-state index in [-0.39, 0.29) is 0 Å². The van der Waals surface area contributed by atoms with Crippen LogP contribution in [0.2, 0.25) is 5.02 Å². The number of aryl methyl sites for hydroxylation is 1. The number of aromatic nitrogens is 2. The summed E-state index contributed by atoms with van der Waals surface area (Å²) in [4.78, 5) is 8.02. The van der Waals surface area contributed by atoms with Gasteiger partial charge < -0.3 is 10.3 Å². The van der Waals surface area contributed by atoms with Crippen LogP contribution in [-0.4, -0.2) is 9.97 Å². The molecule has 3 aromatic rings. The van der Waals surface area contributed by atoms with Crippen LogP contribution in [0.3, 0.4) is 0 Å². The van der Waals surface area contributed by atoms with Crippen LogP contribution in [0.5, 0.6) is 0 Å². The molecule has 0 saturated carbocycles. The lowest BCUT2D eigenvalue weighted by molar-refractivity contribution is 1.07. The van der Waals surface area contributed by atoms with Crippen LogP contribution in [0.15, 0.2) is 30.3 Å². The Morgan fingerprint density at radius 2 is 2.11 bits per heavy atom. The molecule has 4 heteroatoms. The molecule has 4 rings (SSSR count). The quantitative estimate of drug-likeness (QED) is 0.645. The molecular weight excluding hydrogens is 258 g/mol. The number of aromatic amines is 1. The number of hydrogen-bond acceptors (Lipinski definition) is 2. The van der Waals surface area contributed by atoms with Gasteiger partial charge in [0.25, 0.3) is 0 Å². The number of fused-ring (bicyclic) bond motifs is 5. The highest BCUT2D eigenvalue weighted by molar-refractivity contribution is 6.31. The fourth-order valence-corrected chi connectivity index (χ4v) is 2.87. The largest absolute Gasteiger partial charge is 0.365 e. The van der Waals surface area contributed by atoms with Crippen molar-refractivity contribution in [3.63, 3.8) is 0 Å². The third kappa shape index (κ3) is 1.55. The fourth-order valence-electron chi connectivity index (χ4n) is 2.70. The Kier molecular flexibility index (Phi) is 2.15. The van der Waals surface area contributed by atoms with Gasteiger partial charge in [-0.2, -0.15) is 0 Å². The predicted octanol–water partition coefficient (Wildman–Crippen LogP) is 4.12. The second kappa shape index (κ2) is 3.75. The molecule has 0 radical (unpaired) electrons.